The largest absolute Gasteiger partial charge is 0.383 e. The molecule has 19 heavy (non-hydrogen) atoms. The second-order valence-electron chi connectivity index (χ2n) is 3.74. The van der Waals surface area contributed by atoms with Crippen molar-refractivity contribution in [2.45, 2.75) is 11.3 Å². The number of rotatable bonds is 7. The Labute approximate surface area is 112 Å². The maximum atomic E-state index is 13.6. The van der Waals surface area contributed by atoms with Crippen LogP contribution in [0, 0.1) is 17.1 Å². The van der Waals surface area contributed by atoms with E-state index in [0.29, 0.717) is 0 Å². The third-order valence-corrected chi connectivity index (χ3v) is 4.40. The van der Waals surface area contributed by atoms with Crippen LogP contribution < -0.4 is 0 Å². The summed E-state index contributed by atoms with van der Waals surface area (Å²) in [4.78, 5) is -0.385. The normalized spacial score (nSPS) is 11.5. The van der Waals surface area contributed by atoms with Crippen LogP contribution in [0.2, 0.25) is 0 Å². The van der Waals surface area contributed by atoms with Crippen LogP contribution in [-0.4, -0.2) is 39.5 Å². The summed E-state index contributed by atoms with van der Waals surface area (Å²) >= 11 is 0. The van der Waals surface area contributed by atoms with Crippen molar-refractivity contribution in [2.24, 2.45) is 0 Å². The van der Waals surface area contributed by atoms with Crippen LogP contribution in [0.1, 0.15) is 6.42 Å². The van der Waals surface area contributed by atoms with Gasteiger partial charge in [0.2, 0.25) is 10.0 Å². The van der Waals surface area contributed by atoms with Gasteiger partial charge in [-0.15, -0.1) is 0 Å². The molecule has 0 aromatic heterocycles. The molecule has 5 nitrogen and oxygen atoms in total. The topological polar surface area (TPSA) is 70.4 Å². The monoisotopic (exact) mass is 286 g/mol. The summed E-state index contributed by atoms with van der Waals surface area (Å²) in [6.07, 6.45) is 0.0391. The molecule has 0 aliphatic heterocycles. The van der Waals surface area contributed by atoms with Crippen LogP contribution in [0.5, 0.6) is 0 Å². The molecule has 0 radical (unpaired) electrons. The fraction of sp³-hybridized carbons (Fsp3) is 0.417. The number of hydrogen-bond acceptors (Lipinski definition) is 4. The van der Waals surface area contributed by atoms with Crippen LogP contribution in [0.25, 0.3) is 0 Å². The maximum Gasteiger partial charge on any atom is 0.246 e. The highest BCUT2D eigenvalue weighted by molar-refractivity contribution is 7.89. The average Bonchev–Trinajstić information content (AvgIpc) is 2.39. The smallest absolute Gasteiger partial charge is 0.246 e. The Kier molecular flexibility index (Phi) is 5.89. The Morgan fingerprint density at radius 2 is 2.05 bits per heavy atom. The van der Waals surface area contributed by atoms with Gasteiger partial charge >= 0.3 is 0 Å². The third kappa shape index (κ3) is 3.99. The van der Waals surface area contributed by atoms with E-state index in [-0.39, 0.29) is 31.0 Å². The summed E-state index contributed by atoms with van der Waals surface area (Å²) in [6, 6.07) is 7.04. The zero-order valence-corrected chi connectivity index (χ0v) is 11.4. The first-order valence-electron chi connectivity index (χ1n) is 5.64. The van der Waals surface area contributed by atoms with E-state index in [4.69, 9.17) is 10.00 Å². The number of nitrogens with zero attached hydrogens (tertiary/aromatic N) is 2. The van der Waals surface area contributed by atoms with Crippen molar-refractivity contribution >= 4 is 10.0 Å². The molecule has 0 spiro atoms. The molecule has 0 bridgehead atoms. The number of sulfonamides is 1. The van der Waals surface area contributed by atoms with E-state index in [0.717, 1.165) is 10.4 Å². The summed E-state index contributed by atoms with van der Waals surface area (Å²) in [5, 5.41) is 8.55. The van der Waals surface area contributed by atoms with Gasteiger partial charge in [0.05, 0.1) is 12.7 Å². The van der Waals surface area contributed by atoms with Crippen molar-refractivity contribution < 1.29 is 17.5 Å². The number of methoxy groups -OCH3 is 1. The van der Waals surface area contributed by atoms with Crippen molar-refractivity contribution in [3.05, 3.63) is 30.1 Å². The first kappa shape index (κ1) is 15.6. The zero-order chi connectivity index (χ0) is 14.3. The number of hydrogen-bond donors (Lipinski definition) is 0. The molecule has 0 N–H and O–H groups in total. The lowest BCUT2D eigenvalue weighted by Gasteiger charge is -2.20. The zero-order valence-electron chi connectivity index (χ0n) is 10.5. The van der Waals surface area contributed by atoms with Crippen molar-refractivity contribution in [3.63, 3.8) is 0 Å². The fourth-order valence-electron chi connectivity index (χ4n) is 1.51. The van der Waals surface area contributed by atoms with Gasteiger partial charge in [-0.2, -0.15) is 9.57 Å². The van der Waals surface area contributed by atoms with Crippen LogP contribution in [-0.2, 0) is 14.8 Å². The molecule has 1 aromatic rings. The van der Waals surface area contributed by atoms with E-state index in [2.05, 4.69) is 0 Å². The Bertz CT molecular complexity index is 554. The third-order valence-electron chi connectivity index (χ3n) is 2.47. The second kappa shape index (κ2) is 7.19. The van der Waals surface area contributed by atoms with E-state index >= 15 is 0 Å². The highest BCUT2D eigenvalue weighted by Crippen LogP contribution is 2.18. The van der Waals surface area contributed by atoms with Gasteiger partial charge in [-0.05, 0) is 12.1 Å². The first-order valence-corrected chi connectivity index (χ1v) is 7.08. The molecule has 0 atom stereocenters. The molecular formula is C12H15FN2O3S. The quantitative estimate of drug-likeness (QED) is 0.759. The molecule has 7 heteroatoms. The standard InChI is InChI=1S/C12H15FN2O3S/c1-18-10-9-15(8-4-7-14)19(16,17)12-6-3-2-5-11(12)13/h2-3,5-6H,4,8-10H2,1H3. The molecule has 0 aliphatic rings. The predicted octanol–water partition coefficient (Wildman–Crippen LogP) is 1.38. The molecule has 0 unspecified atom stereocenters. The SMILES string of the molecule is COCCN(CCC#N)S(=O)(=O)c1ccccc1F. The van der Waals surface area contributed by atoms with Gasteiger partial charge < -0.3 is 4.74 Å². The molecule has 0 amide bonds. The van der Waals surface area contributed by atoms with Crippen molar-refractivity contribution in [2.75, 3.05) is 26.8 Å². The molecule has 1 rings (SSSR count). The number of nitriles is 1. The van der Waals surface area contributed by atoms with Gasteiger partial charge in [-0.1, -0.05) is 12.1 Å². The van der Waals surface area contributed by atoms with Gasteiger partial charge in [0, 0.05) is 26.6 Å². The van der Waals surface area contributed by atoms with Gasteiger partial charge in [-0.25, -0.2) is 12.8 Å². The Hall–Kier alpha value is -1.49. The minimum Gasteiger partial charge on any atom is -0.383 e. The van der Waals surface area contributed by atoms with Gasteiger partial charge in [0.15, 0.2) is 0 Å². The first-order chi connectivity index (χ1) is 9.04. The Balaban J connectivity index is 3.05. The van der Waals surface area contributed by atoms with E-state index in [1.165, 1.54) is 25.3 Å². The summed E-state index contributed by atoms with van der Waals surface area (Å²) in [6.45, 7) is 0.268. The van der Waals surface area contributed by atoms with Crippen molar-refractivity contribution in [1.82, 2.24) is 4.31 Å². The molecule has 0 saturated heterocycles. The minimum atomic E-state index is -3.95. The van der Waals surface area contributed by atoms with E-state index in [1.54, 1.807) is 0 Å². The number of ether oxygens (including phenoxy) is 1. The molecule has 104 valence electrons. The van der Waals surface area contributed by atoms with Crippen LogP contribution in [0.15, 0.2) is 29.2 Å². The highest BCUT2D eigenvalue weighted by Gasteiger charge is 2.26. The lowest BCUT2D eigenvalue weighted by Crippen LogP contribution is -2.35. The molecule has 0 heterocycles. The molecule has 0 aliphatic carbocycles. The van der Waals surface area contributed by atoms with Crippen LogP contribution in [0.4, 0.5) is 4.39 Å². The van der Waals surface area contributed by atoms with E-state index in [9.17, 15) is 12.8 Å². The highest BCUT2D eigenvalue weighted by atomic mass is 32.2. The second-order valence-corrected chi connectivity index (χ2v) is 5.64. The van der Waals surface area contributed by atoms with Gasteiger partial charge in [0.1, 0.15) is 10.7 Å². The molecular weight excluding hydrogens is 271 g/mol. The van der Waals surface area contributed by atoms with E-state index in [1.807, 2.05) is 6.07 Å². The fourth-order valence-corrected chi connectivity index (χ4v) is 3.00. The lowest BCUT2D eigenvalue weighted by atomic mass is 10.3. The summed E-state index contributed by atoms with van der Waals surface area (Å²) < 4.78 is 44.0. The summed E-state index contributed by atoms with van der Waals surface area (Å²) in [5.41, 5.74) is 0. The molecule has 0 fully saturated rings. The van der Waals surface area contributed by atoms with Crippen molar-refractivity contribution in [3.8, 4) is 6.07 Å². The summed E-state index contributed by atoms with van der Waals surface area (Å²) in [5.74, 6) is -0.804. The van der Waals surface area contributed by atoms with Gasteiger partial charge in [0.25, 0.3) is 0 Å². The number of benzene rings is 1. The average molecular weight is 286 g/mol. The van der Waals surface area contributed by atoms with Crippen molar-refractivity contribution in [1.29, 1.82) is 5.26 Å². The van der Waals surface area contributed by atoms with Crippen LogP contribution in [0.3, 0.4) is 0 Å². The predicted molar refractivity (Wildman–Crippen MR) is 67.3 cm³/mol. The van der Waals surface area contributed by atoms with E-state index < -0.39 is 15.8 Å². The minimum absolute atomic E-state index is 0.0104. The maximum absolute atomic E-state index is 13.6. The Morgan fingerprint density at radius 3 is 2.63 bits per heavy atom. The lowest BCUT2D eigenvalue weighted by molar-refractivity contribution is 0.179. The Morgan fingerprint density at radius 1 is 1.37 bits per heavy atom. The number of halogens is 1. The molecule has 1 aromatic carbocycles. The van der Waals surface area contributed by atoms with Crippen LogP contribution >= 0.6 is 0 Å². The summed E-state index contributed by atoms with van der Waals surface area (Å²) in [7, 11) is -2.51. The molecule has 0 saturated carbocycles. The van der Waals surface area contributed by atoms with Gasteiger partial charge in [-0.3, -0.25) is 0 Å².